The maximum absolute atomic E-state index is 14.2. The Morgan fingerprint density at radius 2 is 1.54 bits per heavy atom. The summed E-state index contributed by atoms with van der Waals surface area (Å²) in [6, 6.07) is 20.8. The topological polar surface area (TPSA) is 86.8 Å². The van der Waals surface area contributed by atoms with Gasteiger partial charge < -0.3 is 10.2 Å². The van der Waals surface area contributed by atoms with E-state index in [0.717, 1.165) is 52.9 Å². The van der Waals surface area contributed by atoms with Gasteiger partial charge in [0.2, 0.25) is 21.8 Å². The smallest absolute Gasteiger partial charge is 0.244 e. The van der Waals surface area contributed by atoms with Crippen LogP contribution in [0.3, 0.4) is 0 Å². The average molecular weight is 617 g/mol. The number of benzene rings is 3. The third-order valence-corrected chi connectivity index (χ3v) is 8.84. The van der Waals surface area contributed by atoms with Crippen molar-refractivity contribution >= 4 is 50.7 Å². The Bertz CT molecular complexity index is 1440. The molecule has 4 rings (SSSR count). The van der Waals surface area contributed by atoms with E-state index in [0.29, 0.717) is 0 Å². The Labute approximate surface area is 252 Å². The van der Waals surface area contributed by atoms with Gasteiger partial charge in [-0.25, -0.2) is 8.42 Å². The molecule has 2 amide bonds. The summed E-state index contributed by atoms with van der Waals surface area (Å²) < 4.78 is 26.8. The zero-order chi connectivity index (χ0) is 29.6. The molecular formula is C31H35Cl2N3O4S. The predicted octanol–water partition coefficient (Wildman–Crippen LogP) is 5.77. The lowest BCUT2D eigenvalue weighted by Crippen LogP contribution is -2.54. The molecule has 0 bridgehead atoms. The molecule has 218 valence electrons. The van der Waals surface area contributed by atoms with Crippen LogP contribution in [-0.2, 0) is 32.6 Å². The number of nitrogens with zero attached hydrogens (tertiary/aromatic N) is 2. The first-order chi connectivity index (χ1) is 19.5. The van der Waals surface area contributed by atoms with Gasteiger partial charge in [0.25, 0.3) is 0 Å². The van der Waals surface area contributed by atoms with Gasteiger partial charge in [0.1, 0.15) is 12.6 Å². The second-order valence-corrected chi connectivity index (χ2v) is 13.4. The Hall–Kier alpha value is -3.07. The summed E-state index contributed by atoms with van der Waals surface area (Å²) in [4.78, 5) is 29.5. The van der Waals surface area contributed by atoms with E-state index in [4.69, 9.17) is 23.2 Å². The van der Waals surface area contributed by atoms with E-state index in [1.165, 1.54) is 23.1 Å². The molecule has 0 saturated heterocycles. The summed E-state index contributed by atoms with van der Waals surface area (Å²) in [6.45, 7) is 1.58. The van der Waals surface area contributed by atoms with Crippen molar-refractivity contribution in [1.29, 1.82) is 0 Å². The molecule has 3 aromatic carbocycles. The van der Waals surface area contributed by atoms with E-state index < -0.39 is 28.5 Å². The Kier molecular flexibility index (Phi) is 10.3. The lowest BCUT2D eigenvalue weighted by Gasteiger charge is -2.34. The SMILES string of the molecule is Cc1ccc(CN(C(=O)CN(c2cc(Cl)cc(Cl)c2)S(C)(=O)=O)[C@@H](Cc2ccccc2)C(=O)NC2CCCC2)cc1. The molecule has 0 unspecified atom stereocenters. The summed E-state index contributed by atoms with van der Waals surface area (Å²) >= 11 is 12.3. The van der Waals surface area contributed by atoms with E-state index >= 15 is 0 Å². The van der Waals surface area contributed by atoms with Crippen molar-refractivity contribution in [3.8, 4) is 0 Å². The zero-order valence-corrected chi connectivity index (χ0v) is 25.6. The molecule has 1 aliphatic rings. The molecule has 10 heteroatoms. The van der Waals surface area contributed by atoms with Crippen LogP contribution < -0.4 is 9.62 Å². The van der Waals surface area contributed by atoms with Crippen LogP contribution in [0.4, 0.5) is 5.69 Å². The molecule has 0 aliphatic heterocycles. The van der Waals surface area contributed by atoms with Gasteiger partial charge in [-0.1, -0.05) is 96.2 Å². The van der Waals surface area contributed by atoms with E-state index in [-0.39, 0.29) is 40.6 Å². The van der Waals surface area contributed by atoms with E-state index in [1.54, 1.807) is 0 Å². The number of rotatable bonds is 11. The molecule has 1 aliphatic carbocycles. The minimum absolute atomic E-state index is 0.0539. The first-order valence-electron chi connectivity index (χ1n) is 13.6. The molecule has 41 heavy (non-hydrogen) atoms. The number of carbonyl (C=O) groups is 2. The van der Waals surface area contributed by atoms with Crippen LogP contribution in [0.25, 0.3) is 0 Å². The minimum atomic E-state index is -3.91. The maximum atomic E-state index is 14.2. The highest BCUT2D eigenvalue weighted by molar-refractivity contribution is 7.92. The van der Waals surface area contributed by atoms with Crippen LogP contribution in [0.1, 0.15) is 42.4 Å². The number of halogens is 2. The summed E-state index contributed by atoms with van der Waals surface area (Å²) in [6.07, 6.45) is 5.18. The highest BCUT2D eigenvalue weighted by Gasteiger charge is 2.34. The largest absolute Gasteiger partial charge is 0.352 e. The van der Waals surface area contributed by atoms with Crippen molar-refractivity contribution in [2.24, 2.45) is 0 Å². The van der Waals surface area contributed by atoms with Gasteiger partial charge in [-0.2, -0.15) is 0 Å². The summed E-state index contributed by atoms with van der Waals surface area (Å²) in [5, 5.41) is 3.64. The fourth-order valence-corrected chi connectivity index (χ4v) is 6.46. The van der Waals surface area contributed by atoms with Gasteiger partial charge in [-0.05, 0) is 49.1 Å². The van der Waals surface area contributed by atoms with E-state index in [9.17, 15) is 18.0 Å². The number of anilines is 1. The Morgan fingerprint density at radius 3 is 2.12 bits per heavy atom. The molecular weight excluding hydrogens is 581 g/mol. The molecule has 0 aromatic heterocycles. The lowest BCUT2D eigenvalue weighted by molar-refractivity contribution is -0.140. The van der Waals surface area contributed by atoms with Crippen LogP contribution >= 0.6 is 23.2 Å². The van der Waals surface area contributed by atoms with Crippen LogP contribution in [0, 0.1) is 6.92 Å². The van der Waals surface area contributed by atoms with Crippen LogP contribution in [0.15, 0.2) is 72.8 Å². The molecule has 7 nitrogen and oxygen atoms in total. The van der Waals surface area contributed by atoms with Gasteiger partial charge in [0.05, 0.1) is 11.9 Å². The summed E-state index contributed by atoms with van der Waals surface area (Å²) in [5.41, 5.74) is 2.95. The normalized spacial score (nSPS) is 14.4. The van der Waals surface area contributed by atoms with Crippen molar-refractivity contribution in [2.75, 3.05) is 17.1 Å². The van der Waals surface area contributed by atoms with Crippen LogP contribution in [0.2, 0.25) is 10.0 Å². The number of sulfonamides is 1. The highest BCUT2D eigenvalue weighted by atomic mass is 35.5. The molecule has 1 N–H and O–H groups in total. The number of nitrogens with one attached hydrogen (secondary N) is 1. The first-order valence-corrected chi connectivity index (χ1v) is 16.2. The standard InChI is InChI=1S/C31H35Cl2N3O4S/c1-22-12-14-24(15-13-22)20-35(30(37)21-36(41(2,39)40)28-18-25(32)17-26(33)19-28)29(16-23-8-4-3-5-9-23)31(38)34-27-10-6-7-11-27/h3-5,8-9,12-15,17-19,27,29H,6-7,10-11,16,20-21H2,1-2H3,(H,34,38)/t29-/m0/s1. The number of carbonyl (C=O) groups excluding carboxylic acids is 2. The van der Waals surface area contributed by atoms with Crippen LogP contribution in [-0.4, -0.2) is 50.0 Å². The number of hydrogen-bond acceptors (Lipinski definition) is 4. The van der Waals surface area contributed by atoms with Gasteiger partial charge >= 0.3 is 0 Å². The second-order valence-electron chi connectivity index (χ2n) is 10.6. The van der Waals surface area contributed by atoms with Gasteiger partial charge in [-0.15, -0.1) is 0 Å². The summed E-state index contributed by atoms with van der Waals surface area (Å²) in [7, 11) is -3.91. The number of aryl methyl sites for hydroxylation is 1. The number of hydrogen-bond donors (Lipinski definition) is 1. The third kappa shape index (κ3) is 8.71. The molecule has 1 fully saturated rings. The fourth-order valence-electron chi connectivity index (χ4n) is 5.11. The van der Waals surface area contributed by atoms with Crippen molar-refractivity contribution in [3.05, 3.63) is 99.5 Å². The first kappa shape index (κ1) is 30.9. The Balaban J connectivity index is 1.73. The van der Waals surface area contributed by atoms with Crippen molar-refractivity contribution < 1.29 is 18.0 Å². The predicted molar refractivity (Wildman–Crippen MR) is 165 cm³/mol. The molecule has 0 radical (unpaired) electrons. The quantitative estimate of drug-likeness (QED) is 0.297. The third-order valence-electron chi connectivity index (χ3n) is 7.26. The van der Waals surface area contributed by atoms with E-state index in [1.807, 2.05) is 61.5 Å². The van der Waals surface area contributed by atoms with Gasteiger partial charge in [-0.3, -0.25) is 13.9 Å². The van der Waals surface area contributed by atoms with E-state index in [2.05, 4.69) is 5.32 Å². The maximum Gasteiger partial charge on any atom is 0.244 e. The van der Waals surface area contributed by atoms with Gasteiger partial charge in [0.15, 0.2) is 0 Å². The van der Waals surface area contributed by atoms with Crippen molar-refractivity contribution in [3.63, 3.8) is 0 Å². The molecule has 1 saturated carbocycles. The summed E-state index contributed by atoms with van der Waals surface area (Å²) in [5.74, 6) is -0.771. The lowest BCUT2D eigenvalue weighted by atomic mass is 10.0. The molecule has 0 heterocycles. The molecule has 1 atom stereocenters. The van der Waals surface area contributed by atoms with Crippen molar-refractivity contribution in [2.45, 2.75) is 57.7 Å². The van der Waals surface area contributed by atoms with Crippen LogP contribution in [0.5, 0.6) is 0 Å². The zero-order valence-electron chi connectivity index (χ0n) is 23.2. The number of amides is 2. The van der Waals surface area contributed by atoms with Crippen molar-refractivity contribution in [1.82, 2.24) is 10.2 Å². The average Bonchev–Trinajstić information content (AvgIpc) is 3.42. The minimum Gasteiger partial charge on any atom is -0.352 e. The fraction of sp³-hybridized carbons (Fsp3) is 0.355. The highest BCUT2D eigenvalue weighted by Crippen LogP contribution is 2.28. The second kappa shape index (κ2) is 13.7. The molecule has 3 aromatic rings. The van der Waals surface area contributed by atoms with Gasteiger partial charge in [0, 0.05) is 29.1 Å². The Morgan fingerprint density at radius 1 is 0.927 bits per heavy atom. The monoisotopic (exact) mass is 615 g/mol. The molecule has 0 spiro atoms.